The number of unbranched alkanes of at least 4 members (excludes halogenated alkanes) is 1. The minimum Gasteiger partial charge on any atom is -0.330 e. The predicted molar refractivity (Wildman–Crippen MR) is 62.9 cm³/mol. The molecule has 1 aromatic carbocycles. The first-order chi connectivity index (χ1) is 7.63. The maximum atomic E-state index is 13.0. The normalized spacial score (nSPS) is 10.2. The molecule has 0 unspecified atom stereocenters. The van der Waals surface area contributed by atoms with E-state index in [1.807, 2.05) is 0 Å². The van der Waals surface area contributed by atoms with E-state index in [1.165, 1.54) is 12.1 Å². The number of rotatable bonds is 5. The van der Waals surface area contributed by atoms with Gasteiger partial charge in [0.2, 0.25) is 5.91 Å². The number of hydrogen-bond donors (Lipinski definition) is 2. The fourth-order valence-electron chi connectivity index (χ4n) is 1.23. The number of carbonyl (C=O) groups is 1. The van der Waals surface area contributed by atoms with Gasteiger partial charge in [0.15, 0.2) is 0 Å². The lowest BCUT2D eigenvalue weighted by atomic mass is 10.2. The van der Waals surface area contributed by atoms with E-state index in [2.05, 4.69) is 5.32 Å². The lowest BCUT2D eigenvalue weighted by Crippen LogP contribution is -2.12. The summed E-state index contributed by atoms with van der Waals surface area (Å²) >= 11 is 5.52. The van der Waals surface area contributed by atoms with Gasteiger partial charge in [-0.1, -0.05) is 11.6 Å². The van der Waals surface area contributed by atoms with Gasteiger partial charge in [0, 0.05) is 12.1 Å². The van der Waals surface area contributed by atoms with Crippen LogP contribution in [-0.4, -0.2) is 12.5 Å². The molecule has 1 aromatic rings. The largest absolute Gasteiger partial charge is 0.330 e. The number of benzene rings is 1. The third-order valence-electron chi connectivity index (χ3n) is 2.06. The highest BCUT2D eigenvalue weighted by Gasteiger charge is 2.04. The number of anilines is 1. The zero-order valence-corrected chi connectivity index (χ0v) is 9.56. The Morgan fingerprint density at radius 2 is 2.19 bits per heavy atom. The fourth-order valence-corrected chi connectivity index (χ4v) is 1.34. The Morgan fingerprint density at radius 1 is 1.44 bits per heavy atom. The number of nitrogens with two attached hydrogens (primary N) is 1. The van der Waals surface area contributed by atoms with Gasteiger partial charge >= 0.3 is 0 Å². The molecule has 0 atom stereocenters. The highest BCUT2D eigenvalue weighted by atomic mass is 35.5. The van der Waals surface area contributed by atoms with Gasteiger partial charge in [0.1, 0.15) is 5.82 Å². The number of carbonyl (C=O) groups excluding carboxylic acids is 1. The van der Waals surface area contributed by atoms with Crippen molar-refractivity contribution in [2.75, 3.05) is 11.9 Å². The van der Waals surface area contributed by atoms with Crippen LogP contribution in [0.15, 0.2) is 18.2 Å². The van der Waals surface area contributed by atoms with Crippen molar-refractivity contribution >= 4 is 23.2 Å². The lowest BCUT2D eigenvalue weighted by Gasteiger charge is -2.05. The first-order valence-corrected chi connectivity index (χ1v) is 5.46. The van der Waals surface area contributed by atoms with Crippen molar-refractivity contribution in [2.45, 2.75) is 19.3 Å². The molecule has 0 fully saturated rings. The third kappa shape index (κ3) is 4.16. The van der Waals surface area contributed by atoms with E-state index in [9.17, 15) is 9.18 Å². The van der Waals surface area contributed by atoms with E-state index in [0.29, 0.717) is 18.7 Å². The molecule has 0 saturated heterocycles. The zero-order valence-electron chi connectivity index (χ0n) is 8.80. The maximum Gasteiger partial charge on any atom is 0.224 e. The second-order valence-corrected chi connectivity index (χ2v) is 3.83. The van der Waals surface area contributed by atoms with Gasteiger partial charge in [-0.2, -0.15) is 0 Å². The van der Waals surface area contributed by atoms with Crippen LogP contribution < -0.4 is 11.1 Å². The Labute approximate surface area is 98.8 Å². The van der Waals surface area contributed by atoms with Crippen molar-refractivity contribution in [1.29, 1.82) is 0 Å². The standard InChI is InChI=1S/C11H14ClFN2O/c12-9-5-4-8(7-10(9)13)15-11(16)3-1-2-6-14/h4-5,7H,1-3,6,14H2,(H,15,16). The summed E-state index contributed by atoms with van der Waals surface area (Å²) in [7, 11) is 0. The van der Waals surface area contributed by atoms with Crippen molar-refractivity contribution in [3.05, 3.63) is 29.0 Å². The summed E-state index contributed by atoms with van der Waals surface area (Å²) < 4.78 is 13.0. The molecule has 0 aliphatic heterocycles. The Kier molecular flexibility index (Phi) is 5.22. The SMILES string of the molecule is NCCCCC(=O)Nc1ccc(Cl)c(F)c1. The molecule has 16 heavy (non-hydrogen) atoms. The van der Waals surface area contributed by atoms with Crippen LogP contribution in [0, 0.1) is 5.82 Å². The van der Waals surface area contributed by atoms with Crippen molar-refractivity contribution in [3.8, 4) is 0 Å². The number of halogens is 2. The molecule has 0 bridgehead atoms. The average molecular weight is 245 g/mol. The van der Waals surface area contributed by atoms with Gasteiger partial charge in [-0.05, 0) is 37.6 Å². The molecule has 5 heteroatoms. The molecular weight excluding hydrogens is 231 g/mol. The third-order valence-corrected chi connectivity index (χ3v) is 2.37. The van der Waals surface area contributed by atoms with E-state index in [0.717, 1.165) is 12.8 Å². The van der Waals surface area contributed by atoms with E-state index in [-0.39, 0.29) is 10.9 Å². The summed E-state index contributed by atoms with van der Waals surface area (Å²) in [5.74, 6) is -0.684. The monoisotopic (exact) mass is 244 g/mol. The summed E-state index contributed by atoms with van der Waals surface area (Å²) in [6.07, 6.45) is 1.93. The lowest BCUT2D eigenvalue weighted by molar-refractivity contribution is -0.116. The molecule has 1 rings (SSSR count). The van der Waals surface area contributed by atoms with Crippen molar-refractivity contribution in [1.82, 2.24) is 0 Å². The van der Waals surface area contributed by atoms with Crippen LogP contribution >= 0.6 is 11.6 Å². The molecule has 0 saturated carbocycles. The average Bonchev–Trinajstić information content (AvgIpc) is 2.24. The van der Waals surface area contributed by atoms with E-state index >= 15 is 0 Å². The van der Waals surface area contributed by atoms with Crippen molar-refractivity contribution in [2.24, 2.45) is 5.73 Å². The van der Waals surface area contributed by atoms with Crippen LogP contribution in [0.4, 0.5) is 10.1 Å². The van der Waals surface area contributed by atoms with Crippen LogP contribution in [0.25, 0.3) is 0 Å². The van der Waals surface area contributed by atoms with E-state index in [4.69, 9.17) is 17.3 Å². The van der Waals surface area contributed by atoms with Gasteiger partial charge in [0.25, 0.3) is 0 Å². The van der Waals surface area contributed by atoms with Crippen LogP contribution in [0.3, 0.4) is 0 Å². The Balaban J connectivity index is 2.46. The second-order valence-electron chi connectivity index (χ2n) is 3.42. The molecule has 0 aromatic heterocycles. The van der Waals surface area contributed by atoms with Crippen molar-refractivity contribution in [3.63, 3.8) is 0 Å². The number of nitrogens with one attached hydrogen (secondary N) is 1. The van der Waals surface area contributed by atoms with Gasteiger partial charge < -0.3 is 11.1 Å². The highest BCUT2D eigenvalue weighted by molar-refractivity contribution is 6.30. The molecule has 3 N–H and O–H groups in total. The van der Waals surface area contributed by atoms with Gasteiger partial charge in [-0.3, -0.25) is 4.79 Å². The van der Waals surface area contributed by atoms with Crippen molar-refractivity contribution < 1.29 is 9.18 Å². The minimum atomic E-state index is -0.540. The van der Waals surface area contributed by atoms with E-state index < -0.39 is 5.82 Å². The Hall–Kier alpha value is -1.13. The fraction of sp³-hybridized carbons (Fsp3) is 0.364. The molecule has 3 nitrogen and oxygen atoms in total. The van der Waals surface area contributed by atoms with Crippen LogP contribution in [0.1, 0.15) is 19.3 Å². The summed E-state index contributed by atoms with van der Waals surface area (Å²) in [4.78, 5) is 11.4. The topological polar surface area (TPSA) is 55.1 Å². The first-order valence-electron chi connectivity index (χ1n) is 5.08. The summed E-state index contributed by atoms with van der Waals surface area (Å²) in [6.45, 7) is 0.572. The Bertz CT molecular complexity index is 371. The molecule has 88 valence electrons. The molecular formula is C11H14ClFN2O. The van der Waals surface area contributed by atoms with E-state index in [1.54, 1.807) is 6.07 Å². The number of hydrogen-bond acceptors (Lipinski definition) is 2. The first kappa shape index (κ1) is 12.9. The second kappa shape index (κ2) is 6.45. The Morgan fingerprint density at radius 3 is 2.81 bits per heavy atom. The molecule has 0 heterocycles. The highest BCUT2D eigenvalue weighted by Crippen LogP contribution is 2.18. The smallest absolute Gasteiger partial charge is 0.224 e. The van der Waals surface area contributed by atoms with Crippen LogP contribution in [-0.2, 0) is 4.79 Å². The van der Waals surface area contributed by atoms with Gasteiger partial charge in [-0.25, -0.2) is 4.39 Å². The van der Waals surface area contributed by atoms with Gasteiger partial charge in [0.05, 0.1) is 5.02 Å². The quantitative estimate of drug-likeness (QED) is 0.782. The predicted octanol–water partition coefficient (Wildman–Crippen LogP) is 2.55. The molecule has 0 spiro atoms. The van der Waals surface area contributed by atoms with Gasteiger partial charge in [-0.15, -0.1) is 0 Å². The molecule has 0 aliphatic rings. The summed E-state index contributed by atoms with van der Waals surface area (Å²) in [5, 5.41) is 2.63. The molecule has 0 radical (unpaired) electrons. The number of amides is 1. The zero-order chi connectivity index (χ0) is 12.0. The molecule has 1 amide bonds. The maximum absolute atomic E-state index is 13.0. The minimum absolute atomic E-state index is 0.0427. The van der Waals surface area contributed by atoms with Crippen LogP contribution in [0.2, 0.25) is 5.02 Å². The van der Waals surface area contributed by atoms with Crippen LogP contribution in [0.5, 0.6) is 0 Å². The summed E-state index contributed by atoms with van der Waals surface area (Å²) in [6, 6.07) is 4.17. The summed E-state index contributed by atoms with van der Waals surface area (Å²) in [5.41, 5.74) is 5.72. The molecule has 0 aliphatic carbocycles.